The molecule has 0 amide bonds. The van der Waals surface area contributed by atoms with Crippen molar-refractivity contribution < 1.29 is 19.5 Å². The van der Waals surface area contributed by atoms with Crippen LogP contribution in [0.5, 0.6) is 11.5 Å². The molecule has 1 saturated carbocycles. The van der Waals surface area contributed by atoms with E-state index in [1.807, 2.05) is 0 Å². The minimum absolute atomic E-state index is 0.0910. The highest BCUT2D eigenvalue weighted by Crippen LogP contribution is 2.43. The van der Waals surface area contributed by atoms with E-state index >= 15 is 0 Å². The fourth-order valence-electron chi connectivity index (χ4n) is 2.11. The smallest absolute Gasteiger partial charge is 0.265 e. The third-order valence-electron chi connectivity index (χ3n) is 3.23. The summed E-state index contributed by atoms with van der Waals surface area (Å²) >= 11 is 0. The molecule has 0 saturated heterocycles. The lowest BCUT2D eigenvalue weighted by atomic mass is 10.1. The van der Waals surface area contributed by atoms with Gasteiger partial charge < -0.3 is 19.5 Å². The van der Waals surface area contributed by atoms with Crippen LogP contribution in [-0.2, 0) is 4.74 Å². The topological polar surface area (TPSA) is 88.6 Å². The second-order valence-corrected chi connectivity index (χ2v) is 4.62. The molecule has 1 unspecified atom stereocenters. The van der Waals surface area contributed by atoms with E-state index in [1.165, 1.54) is 18.2 Å². The predicted molar refractivity (Wildman–Crippen MR) is 65.5 cm³/mol. The van der Waals surface area contributed by atoms with Gasteiger partial charge in [-0.05, 0) is 30.9 Å². The van der Waals surface area contributed by atoms with Crippen LogP contribution >= 0.6 is 0 Å². The average molecular weight is 262 g/mol. The zero-order valence-electron chi connectivity index (χ0n) is 10.4. The number of aromatic hydroxyl groups is 2. The Morgan fingerprint density at radius 3 is 2.58 bits per heavy atom. The van der Waals surface area contributed by atoms with E-state index in [9.17, 15) is 10.2 Å². The Kier molecular flexibility index (Phi) is 2.87. The fraction of sp³-hybridized carbons (Fsp3) is 0.385. The molecule has 0 spiro atoms. The molecule has 0 aliphatic heterocycles. The van der Waals surface area contributed by atoms with Crippen LogP contribution in [0.2, 0.25) is 0 Å². The number of nitrogens with zero attached hydrogens (tertiary/aromatic N) is 2. The van der Waals surface area contributed by atoms with Crippen molar-refractivity contribution in [2.45, 2.75) is 18.9 Å². The number of phenolic OH excluding ortho intramolecular Hbond substituents is 2. The first kappa shape index (κ1) is 12.0. The van der Waals surface area contributed by atoms with Crippen molar-refractivity contribution in [2.24, 2.45) is 5.92 Å². The maximum atomic E-state index is 9.75. The van der Waals surface area contributed by atoms with Crippen LogP contribution in [0, 0.1) is 5.92 Å². The van der Waals surface area contributed by atoms with Gasteiger partial charge in [0.2, 0.25) is 5.82 Å². The Hall–Kier alpha value is -2.08. The van der Waals surface area contributed by atoms with Crippen molar-refractivity contribution in [1.82, 2.24) is 10.1 Å². The maximum absolute atomic E-state index is 9.75. The van der Waals surface area contributed by atoms with Gasteiger partial charge in [0.15, 0.2) is 0 Å². The van der Waals surface area contributed by atoms with Crippen LogP contribution in [0.15, 0.2) is 22.7 Å². The molecule has 6 heteroatoms. The molecule has 1 aliphatic rings. The van der Waals surface area contributed by atoms with Gasteiger partial charge in [-0.25, -0.2) is 0 Å². The third-order valence-corrected chi connectivity index (χ3v) is 3.23. The lowest BCUT2D eigenvalue weighted by Gasteiger charge is -2.08. The minimum Gasteiger partial charge on any atom is -0.507 e. The molecule has 1 aromatic carbocycles. The number of benzene rings is 1. The highest BCUT2D eigenvalue weighted by molar-refractivity contribution is 5.69. The fourth-order valence-corrected chi connectivity index (χ4v) is 2.11. The van der Waals surface area contributed by atoms with E-state index in [0.717, 1.165) is 12.8 Å². The van der Waals surface area contributed by atoms with E-state index < -0.39 is 0 Å². The van der Waals surface area contributed by atoms with Crippen molar-refractivity contribution in [3.63, 3.8) is 0 Å². The Morgan fingerprint density at radius 1 is 1.32 bits per heavy atom. The number of hydrogen-bond acceptors (Lipinski definition) is 6. The zero-order chi connectivity index (χ0) is 13.4. The van der Waals surface area contributed by atoms with Crippen LogP contribution in [0.4, 0.5) is 0 Å². The summed E-state index contributed by atoms with van der Waals surface area (Å²) in [6.45, 7) is 0. The minimum atomic E-state index is -0.189. The summed E-state index contributed by atoms with van der Waals surface area (Å²) in [7, 11) is 1.61. The van der Waals surface area contributed by atoms with E-state index in [4.69, 9.17) is 9.26 Å². The van der Waals surface area contributed by atoms with Crippen molar-refractivity contribution in [3.8, 4) is 23.0 Å². The van der Waals surface area contributed by atoms with Gasteiger partial charge in [0.1, 0.15) is 23.2 Å². The second-order valence-electron chi connectivity index (χ2n) is 4.62. The van der Waals surface area contributed by atoms with Crippen LogP contribution in [0.1, 0.15) is 24.8 Å². The number of ether oxygens (including phenoxy) is 1. The van der Waals surface area contributed by atoms with E-state index in [1.54, 1.807) is 7.11 Å². The quantitative estimate of drug-likeness (QED) is 0.878. The van der Waals surface area contributed by atoms with Crippen molar-refractivity contribution in [3.05, 3.63) is 24.0 Å². The molecular formula is C13H14N2O4. The molecule has 2 N–H and O–H groups in total. The lowest BCUT2D eigenvalue weighted by molar-refractivity contribution is 0.0751. The Morgan fingerprint density at radius 2 is 2.00 bits per heavy atom. The summed E-state index contributed by atoms with van der Waals surface area (Å²) in [6, 6.07) is 4.44. The molecule has 3 rings (SSSR count). The number of methoxy groups -OCH3 is 1. The van der Waals surface area contributed by atoms with Gasteiger partial charge in [-0.15, -0.1) is 0 Å². The van der Waals surface area contributed by atoms with Crippen molar-refractivity contribution >= 4 is 0 Å². The van der Waals surface area contributed by atoms with E-state index in [0.29, 0.717) is 11.7 Å². The predicted octanol–water partition coefficient (Wildman–Crippen LogP) is 2.25. The SMILES string of the molecule is COC(c1noc(-c2c(O)cccc2O)n1)C1CC1. The zero-order valence-corrected chi connectivity index (χ0v) is 10.4. The van der Waals surface area contributed by atoms with Crippen LogP contribution in [0.3, 0.4) is 0 Å². The third kappa shape index (κ3) is 2.15. The summed E-state index contributed by atoms with van der Waals surface area (Å²) in [6.07, 6.45) is 1.99. The first-order valence-corrected chi connectivity index (χ1v) is 6.08. The van der Waals surface area contributed by atoms with Gasteiger partial charge in [0.05, 0.1) is 0 Å². The first-order valence-electron chi connectivity index (χ1n) is 6.08. The van der Waals surface area contributed by atoms with Gasteiger partial charge >= 0.3 is 0 Å². The molecule has 0 radical (unpaired) electrons. The molecule has 100 valence electrons. The molecule has 19 heavy (non-hydrogen) atoms. The second kappa shape index (κ2) is 4.55. The van der Waals surface area contributed by atoms with Gasteiger partial charge in [-0.2, -0.15) is 4.98 Å². The summed E-state index contributed by atoms with van der Waals surface area (Å²) in [5.74, 6) is 0.760. The Bertz CT molecular complexity index is 572. The highest BCUT2D eigenvalue weighted by atomic mass is 16.5. The number of hydrogen-bond donors (Lipinski definition) is 2. The summed E-state index contributed by atoms with van der Waals surface area (Å²) in [5.41, 5.74) is 0.145. The molecule has 1 heterocycles. The molecule has 6 nitrogen and oxygen atoms in total. The van der Waals surface area contributed by atoms with Crippen LogP contribution in [-0.4, -0.2) is 27.5 Å². The van der Waals surface area contributed by atoms with Gasteiger partial charge in [-0.3, -0.25) is 0 Å². The Labute approximate surface area is 109 Å². The monoisotopic (exact) mass is 262 g/mol. The van der Waals surface area contributed by atoms with Crippen molar-refractivity contribution in [1.29, 1.82) is 0 Å². The van der Waals surface area contributed by atoms with Gasteiger partial charge in [0, 0.05) is 7.11 Å². The standard InChI is InChI=1S/C13H14N2O4/c1-18-11(7-5-6-7)12-14-13(19-15-12)10-8(16)3-2-4-9(10)17/h2-4,7,11,16-17H,5-6H2,1H3. The summed E-state index contributed by atoms with van der Waals surface area (Å²) in [5, 5.41) is 23.4. The van der Waals surface area contributed by atoms with Gasteiger partial charge in [-0.1, -0.05) is 11.2 Å². The molecule has 1 fully saturated rings. The highest BCUT2D eigenvalue weighted by Gasteiger charge is 2.36. The molecular weight excluding hydrogens is 248 g/mol. The number of aromatic nitrogens is 2. The van der Waals surface area contributed by atoms with E-state index in [-0.39, 0.29) is 29.1 Å². The molecule has 1 aromatic heterocycles. The number of rotatable bonds is 4. The van der Waals surface area contributed by atoms with Crippen LogP contribution in [0.25, 0.3) is 11.5 Å². The molecule has 0 bridgehead atoms. The Balaban J connectivity index is 1.96. The summed E-state index contributed by atoms with van der Waals surface area (Å²) < 4.78 is 10.5. The van der Waals surface area contributed by atoms with E-state index in [2.05, 4.69) is 10.1 Å². The first-order chi connectivity index (χ1) is 9.20. The lowest BCUT2D eigenvalue weighted by Crippen LogP contribution is -2.05. The van der Waals surface area contributed by atoms with Gasteiger partial charge in [0.25, 0.3) is 5.89 Å². The molecule has 1 aliphatic carbocycles. The maximum Gasteiger partial charge on any atom is 0.265 e. The normalized spacial score (nSPS) is 16.5. The molecule has 2 aromatic rings. The summed E-state index contributed by atoms with van der Waals surface area (Å²) in [4.78, 5) is 4.21. The van der Waals surface area contributed by atoms with Crippen LogP contribution < -0.4 is 0 Å². The molecule has 1 atom stereocenters. The number of phenols is 2. The largest absolute Gasteiger partial charge is 0.507 e. The van der Waals surface area contributed by atoms with Crippen molar-refractivity contribution in [2.75, 3.05) is 7.11 Å². The average Bonchev–Trinajstić information content (AvgIpc) is 3.10.